The molecule has 0 spiro atoms. The molecule has 6 aliphatic rings. The second kappa shape index (κ2) is 59.7. The molecule has 10 heterocycles. The average molecular weight is 1990 g/mol. The van der Waals surface area contributed by atoms with E-state index < -0.39 is 47.1 Å². The predicted octanol–water partition coefficient (Wildman–Crippen LogP) is 13.4. The van der Waals surface area contributed by atoms with Gasteiger partial charge < -0.3 is 115 Å². The van der Waals surface area contributed by atoms with Crippen molar-refractivity contribution in [2.75, 3.05) is 87.6 Å². The molecule has 0 atom stereocenters. The first-order valence-corrected chi connectivity index (χ1v) is 45.4. The predicted molar refractivity (Wildman–Crippen MR) is 523 cm³/mol. The van der Waals surface area contributed by atoms with Gasteiger partial charge in [0.05, 0.1) is 56.6 Å². The Kier molecular flexibility index (Phi) is 54.9. The molecule has 2 fully saturated rings. The van der Waals surface area contributed by atoms with Gasteiger partial charge in [0.2, 0.25) is 0 Å². The number of hydroxylamine groups is 2. The van der Waals surface area contributed by atoms with E-state index in [2.05, 4.69) is 89.8 Å². The monoisotopic (exact) mass is 1990 g/mol. The number of ketones is 2. The second-order valence-electron chi connectivity index (χ2n) is 38.8. The first kappa shape index (κ1) is 127. The average Bonchev–Trinajstić information content (AvgIpc) is 1.63. The number of ether oxygens (including phenoxy) is 7. The van der Waals surface area contributed by atoms with Crippen molar-refractivity contribution < 1.29 is 119 Å². The van der Waals surface area contributed by atoms with Gasteiger partial charge in [-0.2, -0.15) is 32.4 Å². The number of carbonyl (C=O) groups is 8. The Balaban J connectivity index is 0.000000830. The number of carboxylic acids is 1. The summed E-state index contributed by atoms with van der Waals surface area (Å²) in [7, 11) is 5.96. The summed E-state index contributed by atoms with van der Waals surface area (Å²) in [6.45, 7) is 56.1. The van der Waals surface area contributed by atoms with Crippen molar-refractivity contribution in [1.82, 2.24) is 63.3 Å². The molecule has 8 aromatic rings. The van der Waals surface area contributed by atoms with Crippen LogP contribution in [-0.2, 0) is 95.1 Å². The number of carbonyl (C=O) groups excluding carboxylic acids is 7. The van der Waals surface area contributed by atoms with Gasteiger partial charge in [-0.1, -0.05) is 184 Å². The molecule has 2 N–H and O–H groups in total. The third kappa shape index (κ3) is 43.6. The maximum Gasteiger partial charge on any atom is 2.00 e. The Bertz CT molecular complexity index is 5000. The zero-order chi connectivity index (χ0) is 100. The molecule has 0 saturated carbocycles. The number of amides is 4. The van der Waals surface area contributed by atoms with Crippen LogP contribution in [0.1, 0.15) is 249 Å². The summed E-state index contributed by atoms with van der Waals surface area (Å²) in [5.74, 6) is -0.390. The van der Waals surface area contributed by atoms with E-state index in [4.69, 9.17) is 53.1 Å². The number of methoxy groups -OCH3 is 2. The zero-order valence-electron chi connectivity index (χ0n) is 85.7. The SMILES string of the molecule is C1CCOC1.C1CCOC1.CC(C)(C)CC(=O)c1nc(-c2ccccc2)n2c1CN(C(=O)OC(C)(C)C)CC2.CC(C)(C)CC(=O)c1nc(-c2ccccc2)n2c1CNCC2.CCOC.COC(=O)c1nc(-c2ccccc2)n2c1CN(C(=O)OC(C)(C)C)CC2.CON(C)C(=O)c1nc(-c2ccccc2)n2c1CN(C(=O)OC(C)(C)C)CC2.C[CH-]C.O=C(O)C(F)(F)F.[CH2-]C(C)(C)C.[Cl-].[Cl-].[Mg+2].[Mg+2]. The zero-order valence-corrected chi connectivity index (χ0v) is 90.1. The van der Waals surface area contributed by atoms with E-state index in [1.165, 1.54) is 47.0 Å². The van der Waals surface area contributed by atoms with Crippen molar-refractivity contribution in [2.24, 2.45) is 16.2 Å². The fraction of sp³-hybridized carbons (Fsp3) is 0.545. The van der Waals surface area contributed by atoms with Gasteiger partial charge in [0, 0.05) is 141 Å². The summed E-state index contributed by atoms with van der Waals surface area (Å²) in [5.41, 5.74) is 6.99. The van der Waals surface area contributed by atoms with Gasteiger partial charge in [-0.3, -0.25) is 19.2 Å². The molecule has 0 aliphatic carbocycles. The van der Waals surface area contributed by atoms with Crippen LogP contribution >= 0.6 is 0 Å². The standard InChI is InChI=1S/C23H31N3O3.C20H26N4O4.C19H23N3O4.C18H23N3O.C5H11.2C4H8O.C3H8O.C3H7.C2HF3O2.2ClH.2Mg/c1-22(2,3)14-18(27)19-17-15-25(21(28)29-23(4,5)6)12-13-26(17)20(24-19)16-10-8-7-9-11-16;1-20(2,3)28-19(26)23-11-12-24-15(13-23)16(18(25)22(4)27-5)21-17(24)14-9-7-6-8-10-14;1-19(2,3)26-18(24)21-10-11-22-14(12-21)15(17(23)25-4)20-16(22)13-8-6-5-7-9-13;1-18(2,3)11-15(22)16-14-12-19-9-10-21(14)17(20-16)13-7-5-4-6-8-13;1-5(2,3)4;2*1-2-4-5-3-1;1-3-4-2;1-3-2;3-2(4,5)1(6)7;;;;/h7-11H,12-15H2,1-6H3;6-10H,11-13H2,1-5H3;5-9H,10-12H2,1-4H3;4-8,19H,9-12H2,1-3H3;1H2,2-4H3;2*1-4H2;3H2,1-2H3;3H,1-2H3;(H,6,7);2*1H;;/q;;;;-1;;;;-1;;;;2*+2/p-2. The Labute approximate surface area is 859 Å². The number of Topliss-reactive ketones (excluding diaryl/α,β-unsaturated/α-hetero) is 2. The number of aliphatic carboxylic acids is 1. The van der Waals surface area contributed by atoms with Crippen LogP contribution in [0.25, 0.3) is 45.6 Å². The number of fused-ring (bicyclic) bond motifs is 4. The summed E-state index contributed by atoms with van der Waals surface area (Å²) in [4.78, 5) is 126. The Hall–Kier alpha value is -9.02. The Morgan fingerprint density at radius 2 is 0.717 bits per heavy atom. The van der Waals surface area contributed by atoms with Crippen LogP contribution in [0.5, 0.6) is 0 Å². The van der Waals surface area contributed by atoms with E-state index in [0.29, 0.717) is 99.6 Å². The number of esters is 1. The summed E-state index contributed by atoms with van der Waals surface area (Å²) in [6, 6.07) is 39.3. The van der Waals surface area contributed by atoms with E-state index in [-0.39, 0.29) is 135 Å². The van der Waals surface area contributed by atoms with Crippen molar-refractivity contribution >= 4 is 93.8 Å². The fourth-order valence-corrected chi connectivity index (χ4v) is 13.3. The maximum atomic E-state index is 13.1. The second-order valence-corrected chi connectivity index (χ2v) is 38.8. The van der Waals surface area contributed by atoms with E-state index >= 15 is 0 Å². The van der Waals surface area contributed by atoms with Crippen LogP contribution in [0.2, 0.25) is 0 Å². The number of hydrogen-bond acceptors (Lipinski definition) is 21. The normalized spacial score (nSPS) is 13.9. The van der Waals surface area contributed by atoms with Crippen LogP contribution in [0, 0.1) is 29.6 Å². The first-order chi connectivity index (χ1) is 62.7. The number of hydrogen-bond donors (Lipinski definition) is 2. The molecule has 138 heavy (non-hydrogen) atoms. The summed E-state index contributed by atoms with van der Waals surface area (Å²) >= 11 is 0. The summed E-state index contributed by atoms with van der Waals surface area (Å²) in [6.07, 6.45) is 1.78. The molecule has 756 valence electrons. The van der Waals surface area contributed by atoms with E-state index in [1.54, 1.807) is 21.8 Å². The molecule has 37 heteroatoms. The molecule has 0 unspecified atom stereocenters. The van der Waals surface area contributed by atoms with Gasteiger partial charge in [0.25, 0.3) is 5.91 Å². The van der Waals surface area contributed by atoms with Gasteiger partial charge in [-0.25, -0.2) is 49.0 Å². The summed E-state index contributed by atoms with van der Waals surface area (Å²) < 4.78 is 75.8. The number of benzene rings is 4. The molecule has 0 bridgehead atoms. The first-order valence-electron chi connectivity index (χ1n) is 45.4. The molecule has 0 radical (unpaired) electrons. The van der Waals surface area contributed by atoms with E-state index in [0.717, 1.165) is 96.5 Å². The van der Waals surface area contributed by atoms with Crippen molar-refractivity contribution in [2.45, 2.75) is 259 Å². The maximum absolute atomic E-state index is 13.1. The molecular formula is C101H146Cl2F3Mg2N13O17. The van der Waals surface area contributed by atoms with Crippen LogP contribution in [0.4, 0.5) is 27.6 Å². The van der Waals surface area contributed by atoms with Crippen LogP contribution in [-0.4, -0.2) is 267 Å². The fourth-order valence-electron chi connectivity index (χ4n) is 13.3. The van der Waals surface area contributed by atoms with Gasteiger partial charge >= 0.3 is 82.5 Å². The molecule has 4 aromatic carbocycles. The third-order valence-corrected chi connectivity index (χ3v) is 19.2. The van der Waals surface area contributed by atoms with Gasteiger partial charge in [-0.05, 0) is 106 Å². The number of nitrogens with one attached hydrogen (secondary N) is 1. The molecule has 6 aliphatic heterocycles. The van der Waals surface area contributed by atoms with Gasteiger partial charge in [0.15, 0.2) is 23.0 Å². The van der Waals surface area contributed by atoms with Crippen LogP contribution < -0.4 is 30.1 Å². The molecule has 30 nitrogen and oxygen atoms in total. The molecule has 4 amide bonds. The number of rotatable bonds is 12. The largest absolute Gasteiger partial charge is 2.00 e. The van der Waals surface area contributed by atoms with Crippen LogP contribution in [0.3, 0.4) is 0 Å². The van der Waals surface area contributed by atoms with Crippen molar-refractivity contribution in [3.8, 4) is 45.6 Å². The van der Waals surface area contributed by atoms with Gasteiger partial charge in [-0.15, -0.1) is 0 Å². The number of alkyl halides is 3. The molecule has 14 rings (SSSR count). The van der Waals surface area contributed by atoms with Crippen molar-refractivity contribution in [3.05, 3.63) is 180 Å². The number of halogens is 5. The Morgan fingerprint density at radius 3 is 0.964 bits per heavy atom. The number of aromatic nitrogens is 8. The third-order valence-electron chi connectivity index (χ3n) is 19.2. The number of carboxylic acid groups (broad SMARTS) is 1. The molecule has 2 saturated heterocycles. The van der Waals surface area contributed by atoms with Crippen molar-refractivity contribution in [1.29, 1.82) is 0 Å². The number of imidazole rings is 4. The number of nitrogens with zero attached hydrogens (tertiary/aromatic N) is 12. The quantitative estimate of drug-likeness (QED) is 0.0286. The minimum atomic E-state index is -5.08. The van der Waals surface area contributed by atoms with Crippen LogP contribution in [0.15, 0.2) is 121 Å². The van der Waals surface area contributed by atoms with Crippen molar-refractivity contribution in [3.63, 3.8) is 0 Å². The summed E-state index contributed by atoms with van der Waals surface area (Å²) in [5, 5.41) is 11.6. The van der Waals surface area contributed by atoms with E-state index in [1.807, 2.05) is 229 Å². The Morgan fingerprint density at radius 1 is 0.457 bits per heavy atom. The molecular weight excluding hydrogens is 1840 g/mol. The molecule has 4 aromatic heterocycles. The minimum absolute atomic E-state index is 0. The van der Waals surface area contributed by atoms with Gasteiger partial charge in [0.1, 0.15) is 51.5 Å². The topological polar surface area (TPSA) is 327 Å². The smallest absolute Gasteiger partial charge is 1.00 e. The van der Waals surface area contributed by atoms with E-state index in [9.17, 15) is 46.7 Å². The minimum Gasteiger partial charge on any atom is -1.00 e.